The van der Waals surface area contributed by atoms with Crippen molar-refractivity contribution in [3.05, 3.63) is 0 Å². The molecule has 0 aromatic carbocycles. The summed E-state index contributed by atoms with van der Waals surface area (Å²) in [5.41, 5.74) is 3.13. The predicted molar refractivity (Wildman–Crippen MR) is 67.2 cm³/mol. The molecule has 10 atom stereocenters. The zero-order valence-corrected chi connectivity index (χ0v) is 11.6. The van der Waals surface area contributed by atoms with Crippen LogP contribution >= 0.6 is 0 Å². The summed E-state index contributed by atoms with van der Waals surface area (Å²) in [7, 11) is 0. The quantitative estimate of drug-likeness (QED) is 0.588. The highest BCUT2D eigenvalue weighted by atomic mass is 15.0. The molecular weight excluding hydrogens is 204 g/mol. The Bertz CT molecular complexity index is 488. The molecule has 0 saturated heterocycles. The molecular formula is C17H24. The second kappa shape index (κ2) is 1.78. The average molecular weight is 228 g/mol. The van der Waals surface area contributed by atoms with Crippen LogP contribution in [-0.4, -0.2) is 0 Å². The molecule has 2 bridgehead atoms. The summed E-state index contributed by atoms with van der Waals surface area (Å²) < 4.78 is 0. The average Bonchev–Trinajstić information content (AvgIpc) is 2.60. The van der Waals surface area contributed by atoms with Crippen LogP contribution < -0.4 is 0 Å². The Balaban J connectivity index is 1.84. The van der Waals surface area contributed by atoms with Gasteiger partial charge in [-0.05, 0) is 76.4 Å². The minimum absolute atomic E-state index is 0.719. The molecule has 5 aliphatic rings. The van der Waals surface area contributed by atoms with Crippen LogP contribution in [0.2, 0.25) is 0 Å². The van der Waals surface area contributed by atoms with Crippen LogP contribution in [-0.2, 0) is 0 Å². The molecule has 0 heteroatoms. The highest BCUT2D eigenvalue weighted by Crippen LogP contribution is 3.03. The maximum Gasteiger partial charge on any atom is -0.0167 e. The fraction of sp³-hybridized carbons (Fsp3) is 1.00. The Morgan fingerprint density at radius 3 is 2.53 bits per heavy atom. The number of rotatable bonds is 0. The van der Waals surface area contributed by atoms with Crippen molar-refractivity contribution in [2.45, 2.75) is 47.0 Å². The van der Waals surface area contributed by atoms with E-state index in [2.05, 4.69) is 27.7 Å². The third-order valence-corrected chi connectivity index (χ3v) is 10.7. The van der Waals surface area contributed by atoms with Crippen LogP contribution in [0.3, 0.4) is 0 Å². The SMILES string of the molecule is CC1C23CC4C5CC6C2C(C)C(C)(C41C)C65C3. The Kier molecular flexibility index (Phi) is 0.940. The minimum atomic E-state index is 0.719. The first-order chi connectivity index (χ1) is 7.96. The van der Waals surface area contributed by atoms with Crippen LogP contribution in [0, 0.1) is 57.2 Å². The van der Waals surface area contributed by atoms with Crippen LogP contribution in [0.25, 0.3) is 0 Å². The van der Waals surface area contributed by atoms with E-state index < -0.39 is 0 Å². The van der Waals surface area contributed by atoms with E-state index in [1.165, 1.54) is 5.92 Å². The second-order valence-corrected chi connectivity index (χ2v) is 9.23. The van der Waals surface area contributed by atoms with E-state index in [0.29, 0.717) is 0 Å². The third-order valence-electron chi connectivity index (χ3n) is 10.7. The van der Waals surface area contributed by atoms with Gasteiger partial charge in [-0.3, -0.25) is 0 Å². The van der Waals surface area contributed by atoms with E-state index in [9.17, 15) is 0 Å². The molecule has 0 amide bonds. The van der Waals surface area contributed by atoms with Gasteiger partial charge in [0.25, 0.3) is 0 Å². The number of hydrogen-bond acceptors (Lipinski definition) is 0. The predicted octanol–water partition coefficient (Wildman–Crippen LogP) is 3.96. The van der Waals surface area contributed by atoms with E-state index in [1.807, 2.05) is 0 Å². The lowest BCUT2D eigenvalue weighted by molar-refractivity contribution is -0.189. The monoisotopic (exact) mass is 228 g/mol. The summed E-state index contributed by atoms with van der Waals surface area (Å²) in [6.45, 7) is 10.8. The molecule has 0 N–H and O–H groups in total. The van der Waals surface area contributed by atoms with E-state index in [4.69, 9.17) is 0 Å². The van der Waals surface area contributed by atoms with Gasteiger partial charge in [-0.15, -0.1) is 0 Å². The number of hydrogen-bond donors (Lipinski definition) is 0. The van der Waals surface area contributed by atoms with Gasteiger partial charge in [0.2, 0.25) is 0 Å². The van der Waals surface area contributed by atoms with Crippen LogP contribution in [0.1, 0.15) is 47.0 Å². The summed E-state index contributed by atoms with van der Waals surface area (Å²) >= 11 is 0. The topological polar surface area (TPSA) is 0 Å². The molecule has 0 aromatic rings. The summed E-state index contributed by atoms with van der Waals surface area (Å²) in [6.07, 6.45) is 4.94. The molecule has 5 rings (SSSR count). The lowest BCUT2D eigenvalue weighted by Gasteiger charge is -2.66. The minimum Gasteiger partial charge on any atom is -0.0616 e. The molecule has 0 nitrogen and oxygen atoms in total. The van der Waals surface area contributed by atoms with Gasteiger partial charge in [-0.2, -0.15) is 0 Å². The van der Waals surface area contributed by atoms with Gasteiger partial charge in [0.1, 0.15) is 0 Å². The smallest absolute Gasteiger partial charge is 0.0167 e. The molecule has 92 valence electrons. The van der Waals surface area contributed by atoms with E-state index in [-0.39, 0.29) is 0 Å². The summed E-state index contributed by atoms with van der Waals surface area (Å²) in [6, 6.07) is 0. The first-order valence-electron chi connectivity index (χ1n) is 7.96. The van der Waals surface area contributed by atoms with Crippen molar-refractivity contribution in [1.29, 1.82) is 0 Å². The Labute approximate surface area is 105 Å². The third kappa shape index (κ3) is 0.414. The molecule has 0 radical (unpaired) electrons. The summed E-state index contributed by atoms with van der Waals surface area (Å²) in [5, 5.41) is 0. The lowest BCUT2D eigenvalue weighted by atomic mass is 9.38. The summed E-state index contributed by atoms with van der Waals surface area (Å²) in [4.78, 5) is 0. The van der Waals surface area contributed by atoms with Gasteiger partial charge in [-0.1, -0.05) is 27.7 Å². The summed E-state index contributed by atoms with van der Waals surface area (Å²) in [5.74, 6) is 6.68. The van der Waals surface area contributed by atoms with Crippen molar-refractivity contribution < 1.29 is 0 Å². The van der Waals surface area contributed by atoms with Crippen LogP contribution in [0.4, 0.5) is 0 Å². The standard InChI is InChI=1S/C17H24/c1-8-13-11-5-10-12-6-16(13)7-17(10,11)15(8,4)14(12,3)9(16)2/h8-13H,5-7H2,1-4H3. The molecule has 2 spiro atoms. The van der Waals surface area contributed by atoms with Gasteiger partial charge in [0, 0.05) is 0 Å². The fourth-order valence-corrected chi connectivity index (χ4v) is 10.5. The van der Waals surface area contributed by atoms with Gasteiger partial charge in [-0.25, -0.2) is 0 Å². The maximum absolute atomic E-state index is 2.74. The first kappa shape index (κ1) is 8.99. The highest BCUT2D eigenvalue weighted by Gasteiger charge is 2.98. The first-order valence-corrected chi connectivity index (χ1v) is 7.96. The van der Waals surface area contributed by atoms with Gasteiger partial charge < -0.3 is 0 Å². The van der Waals surface area contributed by atoms with E-state index in [0.717, 1.165) is 51.2 Å². The van der Waals surface area contributed by atoms with Crippen molar-refractivity contribution >= 4 is 0 Å². The molecule has 0 aromatic heterocycles. The lowest BCUT2D eigenvalue weighted by Crippen LogP contribution is -2.61. The van der Waals surface area contributed by atoms with Crippen molar-refractivity contribution in [1.82, 2.24) is 0 Å². The van der Waals surface area contributed by atoms with E-state index >= 15 is 0 Å². The number of fused-ring (bicyclic) bond motifs is 4. The van der Waals surface area contributed by atoms with Crippen LogP contribution in [0.15, 0.2) is 0 Å². The van der Waals surface area contributed by atoms with Crippen molar-refractivity contribution in [3.8, 4) is 0 Å². The molecule has 17 heavy (non-hydrogen) atoms. The molecule has 0 aliphatic heterocycles. The maximum atomic E-state index is 2.74. The van der Waals surface area contributed by atoms with Gasteiger partial charge in [0.05, 0.1) is 0 Å². The Hall–Kier alpha value is 0. The zero-order chi connectivity index (χ0) is 11.6. The van der Waals surface area contributed by atoms with Crippen molar-refractivity contribution in [2.75, 3.05) is 0 Å². The van der Waals surface area contributed by atoms with Gasteiger partial charge in [0.15, 0.2) is 0 Å². The molecule has 5 aliphatic carbocycles. The largest absolute Gasteiger partial charge is 0.0616 e. The zero-order valence-electron chi connectivity index (χ0n) is 11.6. The Morgan fingerprint density at radius 2 is 1.76 bits per heavy atom. The highest BCUT2D eigenvalue weighted by molar-refractivity contribution is 5.45. The van der Waals surface area contributed by atoms with Gasteiger partial charge >= 0.3 is 0 Å². The molecule has 0 heterocycles. The molecule has 10 unspecified atom stereocenters. The Morgan fingerprint density at radius 1 is 1.00 bits per heavy atom. The normalized spacial score (nSPS) is 88.2. The molecule has 5 saturated carbocycles. The molecule has 5 fully saturated rings. The van der Waals surface area contributed by atoms with Crippen molar-refractivity contribution in [3.63, 3.8) is 0 Å². The fourth-order valence-electron chi connectivity index (χ4n) is 10.5. The van der Waals surface area contributed by atoms with E-state index in [1.54, 1.807) is 19.3 Å². The second-order valence-electron chi connectivity index (χ2n) is 9.23. The van der Waals surface area contributed by atoms with Crippen molar-refractivity contribution in [2.24, 2.45) is 57.2 Å². The van der Waals surface area contributed by atoms with Crippen LogP contribution in [0.5, 0.6) is 0 Å².